The maximum atomic E-state index is 12.6. The molecule has 0 fully saturated rings. The summed E-state index contributed by atoms with van der Waals surface area (Å²) < 4.78 is 1.52. The Kier molecular flexibility index (Phi) is 5.81. The van der Waals surface area contributed by atoms with E-state index < -0.39 is 6.03 Å². The highest BCUT2D eigenvalue weighted by Crippen LogP contribution is 2.16. The van der Waals surface area contributed by atoms with Crippen molar-refractivity contribution in [2.75, 3.05) is 24.2 Å². The van der Waals surface area contributed by atoms with Gasteiger partial charge in [0.05, 0.1) is 17.2 Å². The number of hydrogen-bond donors (Lipinski definition) is 3. The molecule has 2 amide bonds. The van der Waals surface area contributed by atoms with Crippen LogP contribution >= 0.6 is 0 Å². The number of nitrogens with one attached hydrogen (secondary N) is 3. The van der Waals surface area contributed by atoms with Gasteiger partial charge >= 0.3 is 6.03 Å². The van der Waals surface area contributed by atoms with Crippen LogP contribution in [0.3, 0.4) is 0 Å². The molecule has 0 aliphatic rings. The summed E-state index contributed by atoms with van der Waals surface area (Å²) in [5.41, 5.74) is 1.88. The van der Waals surface area contributed by atoms with Crippen molar-refractivity contribution in [3.63, 3.8) is 0 Å². The van der Waals surface area contributed by atoms with Gasteiger partial charge in [0.2, 0.25) is 0 Å². The Balaban J connectivity index is 1.79. The van der Waals surface area contributed by atoms with Crippen LogP contribution in [-0.4, -0.2) is 35.0 Å². The molecule has 0 saturated carbocycles. The fourth-order valence-corrected chi connectivity index (χ4v) is 2.74. The van der Waals surface area contributed by atoms with Crippen LogP contribution in [0.4, 0.5) is 16.2 Å². The summed E-state index contributed by atoms with van der Waals surface area (Å²) in [4.78, 5) is 40.6. The number of ketones is 1. The van der Waals surface area contributed by atoms with Gasteiger partial charge in [-0.05, 0) is 44.3 Å². The molecule has 0 aliphatic carbocycles. The lowest BCUT2D eigenvalue weighted by atomic mass is 10.1. The first kappa shape index (κ1) is 19.2. The molecule has 0 unspecified atom stereocenters. The average molecular weight is 379 g/mol. The Bertz CT molecular complexity index is 1090. The summed E-state index contributed by atoms with van der Waals surface area (Å²) >= 11 is 0. The zero-order valence-corrected chi connectivity index (χ0v) is 15.7. The van der Waals surface area contributed by atoms with Crippen LogP contribution in [-0.2, 0) is 6.54 Å². The largest absolute Gasteiger partial charge is 0.323 e. The van der Waals surface area contributed by atoms with E-state index in [9.17, 15) is 14.4 Å². The fraction of sp³-hybridized carbons (Fsp3) is 0.200. The molecular weight excluding hydrogens is 358 g/mol. The van der Waals surface area contributed by atoms with E-state index in [0.29, 0.717) is 40.9 Å². The number of Topliss-reactive ketones (excluding diaryl/α,β-unsaturated/α-hetero) is 1. The average Bonchev–Trinajstić information content (AvgIpc) is 2.68. The quantitative estimate of drug-likeness (QED) is 0.571. The lowest BCUT2D eigenvalue weighted by molar-refractivity contribution is 0.101. The number of fused-ring (bicyclic) bond motifs is 1. The van der Waals surface area contributed by atoms with Crippen molar-refractivity contribution < 1.29 is 9.59 Å². The summed E-state index contributed by atoms with van der Waals surface area (Å²) in [7, 11) is 1.81. The smallest absolute Gasteiger partial charge is 0.318 e. The molecule has 8 heteroatoms. The van der Waals surface area contributed by atoms with Gasteiger partial charge in [0.15, 0.2) is 5.78 Å². The molecule has 8 nitrogen and oxygen atoms in total. The van der Waals surface area contributed by atoms with Crippen LogP contribution in [0.1, 0.15) is 17.3 Å². The second-order valence-corrected chi connectivity index (χ2v) is 6.29. The number of likely N-dealkylation sites (N-methyl/N-ethyl adjacent to an activating group) is 1. The van der Waals surface area contributed by atoms with Gasteiger partial charge in [-0.15, -0.1) is 0 Å². The first-order chi connectivity index (χ1) is 13.5. The molecule has 0 aliphatic heterocycles. The van der Waals surface area contributed by atoms with E-state index >= 15 is 0 Å². The Morgan fingerprint density at radius 2 is 1.82 bits per heavy atom. The van der Waals surface area contributed by atoms with Crippen molar-refractivity contribution in [2.45, 2.75) is 13.5 Å². The molecule has 28 heavy (non-hydrogen) atoms. The van der Waals surface area contributed by atoms with E-state index in [4.69, 9.17) is 0 Å². The normalized spacial score (nSPS) is 10.6. The van der Waals surface area contributed by atoms with Crippen molar-refractivity contribution in [1.82, 2.24) is 14.9 Å². The minimum atomic E-state index is -0.473. The van der Waals surface area contributed by atoms with E-state index in [1.54, 1.807) is 42.5 Å². The van der Waals surface area contributed by atoms with E-state index in [-0.39, 0.29) is 11.3 Å². The molecule has 144 valence electrons. The van der Waals surface area contributed by atoms with E-state index in [0.717, 1.165) is 0 Å². The van der Waals surface area contributed by atoms with Gasteiger partial charge in [-0.3, -0.25) is 14.2 Å². The van der Waals surface area contributed by atoms with Gasteiger partial charge in [0.25, 0.3) is 5.56 Å². The summed E-state index contributed by atoms with van der Waals surface area (Å²) in [5.74, 6) is -0.0827. The number of aromatic nitrogens is 2. The molecule has 1 heterocycles. The Morgan fingerprint density at radius 1 is 1.07 bits per heavy atom. The van der Waals surface area contributed by atoms with Crippen molar-refractivity contribution in [2.24, 2.45) is 0 Å². The van der Waals surface area contributed by atoms with Crippen molar-refractivity contribution in [1.29, 1.82) is 0 Å². The zero-order chi connectivity index (χ0) is 20.1. The second kappa shape index (κ2) is 8.45. The predicted molar refractivity (Wildman–Crippen MR) is 109 cm³/mol. The molecule has 3 rings (SSSR count). The highest BCUT2D eigenvalue weighted by molar-refractivity contribution is 6.02. The summed E-state index contributed by atoms with van der Waals surface area (Å²) in [6.07, 6.45) is 1.52. The first-order valence-electron chi connectivity index (χ1n) is 8.81. The minimum absolute atomic E-state index is 0.0827. The van der Waals surface area contributed by atoms with Crippen LogP contribution < -0.4 is 21.5 Å². The van der Waals surface area contributed by atoms with E-state index in [1.165, 1.54) is 17.8 Å². The maximum Gasteiger partial charge on any atom is 0.323 e. The number of nitrogens with zero attached hydrogens (tertiary/aromatic N) is 2. The highest BCUT2D eigenvalue weighted by atomic mass is 16.2. The number of benzene rings is 2. The van der Waals surface area contributed by atoms with Crippen molar-refractivity contribution in [3.8, 4) is 0 Å². The van der Waals surface area contributed by atoms with E-state index in [2.05, 4.69) is 20.9 Å². The summed E-state index contributed by atoms with van der Waals surface area (Å²) in [6.45, 7) is 2.61. The first-order valence-corrected chi connectivity index (χ1v) is 8.81. The third-order valence-corrected chi connectivity index (χ3v) is 4.21. The Morgan fingerprint density at radius 3 is 2.54 bits per heavy atom. The Hall–Kier alpha value is -3.52. The molecule has 0 spiro atoms. The molecule has 0 atom stereocenters. The van der Waals surface area contributed by atoms with Crippen LogP contribution in [0.2, 0.25) is 0 Å². The summed E-state index contributed by atoms with van der Waals surface area (Å²) in [5, 5.41) is 8.79. The molecule has 1 aromatic heterocycles. The zero-order valence-electron chi connectivity index (χ0n) is 15.7. The van der Waals surface area contributed by atoms with Crippen LogP contribution in [0.25, 0.3) is 10.9 Å². The highest BCUT2D eigenvalue weighted by Gasteiger charge is 2.08. The number of amides is 2. The van der Waals surface area contributed by atoms with Gasteiger partial charge in [-0.2, -0.15) is 0 Å². The lowest BCUT2D eigenvalue weighted by Crippen LogP contribution is -2.26. The van der Waals surface area contributed by atoms with Gasteiger partial charge in [-0.25, -0.2) is 9.78 Å². The topological polar surface area (TPSA) is 105 Å². The van der Waals surface area contributed by atoms with Gasteiger partial charge in [-0.1, -0.05) is 12.1 Å². The summed E-state index contributed by atoms with van der Waals surface area (Å²) in [6, 6.07) is 11.2. The number of hydrogen-bond acceptors (Lipinski definition) is 5. The number of urea groups is 1. The minimum Gasteiger partial charge on any atom is -0.318 e. The fourth-order valence-electron chi connectivity index (χ4n) is 2.74. The van der Waals surface area contributed by atoms with Crippen LogP contribution in [0.15, 0.2) is 53.6 Å². The molecule has 0 bridgehead atoms. The third kappa shape index (κ3) is 4.41. The van der Waals surface area contributed by atoms with E-state index in [1.807, 2.05) is 7.05 Å². The van der Waals surface area contributed by atoms with Gasteiger partial charge in [0, 0.05) is 30.0 Å². The van der Waals surface area contributed by atoms with Gasteiger partial charge < -0.3 is 16.0 Å². The molecule has 0 saturated heterocycles. The predicted octanol–water partition coefficient (Wildman–Crippen LogP) is 2.46. The van der Waals surface area contributed by atoms with Gasteiger partial charge in [0.1, 0.15) is 0 Å². The number of carbonyl (C=O) groups is 2. The van der Waals surface area contributed by atoms with Crippen molar-refractivity contribution >= 4 is 34.1 Å². The molecular formula is C20H21N5O3. The number of rotatable bonds is 6. The standard InChI is InChI=1S/C20H21N5O3/c1-13(26)14-4-3-5-15(10-14)23-20(28)24-16-6-7-18-17(11-16)19(27)25(12-22-18)9-8-21-2/h3-7,10-12,21H,8-9H2,1-2H3,(H2,23,24,28). The number of anilines is 2. The lowest BCUT2D eigenvalue weighted by Gasteiger charge is -2.10. The maximum absolute atomic E-state index is 12.6. The third-order valence-electron chi connectivity index (χ3n) is 4.21. The van der Waals surface area contributed by atoms with Crippen LogP contribution in [0, 0.1) is 0 Å². The SMILES string of the molecule is CNCCn1cnc2ccc(NC(=O)Nc3cccc(C(C)=O)c3)cc2c1=O. The Labute approximate surface area is 161 Å². The monoisotopic (exact) mass is 379 g/mol. The molecule has 0 radical (unpaired) electrons. The second-order valence-electron chi connectivity index (χ2n) is 6.29. The van der Waals surface area contributed by atoms with Crippen LogP contribution in [0.5, 0.6) is 0 Å². The molecule has 3 aromatic rings. The molecule has 3 N–H and O–H groups in total. The molecule has 2 aromatic carbocycles. The number of carbonyl (C=O) groups excluding carboxylic acids is 2. The van der Waals surface area contributed by atoms with Crippen molar-refractivity contribution in [3.05, 3.63) is 64.7 Å².